The van der Waals surface area contributed by atoms with Crippen LogP contribution < -0.4 is 11.1 Å². The van der Waals surface area contributed by atoms with Crippen molar-refractivity contribution in [1.82, 2.24) is 5.32 Å². The number of amides is 1. The smallest absolute Gasteiger partial charge is 0.237 e. The Hall–Kier alpha value is -1.35. The van der Waals surface area contributed by atoms with Gasteiger partial charge in [0.1, 0.15) is 0 Å². The fourth-order valence-corrected chi connectivity index (χ4v) is 2.07. The fourth-order valence-electron chi connectivity index (χ4n) is 2.07. The highest BCUT2D eigenvalue weighted by molar-refractivity contribution is 5.82. The topological polar surface area (TPSA) is 55.1 Å². The first-order valence-electron chi connectivity index (χ1n) is 7.14. The van der Waals surface area contributed by atoms with E-state index >= 15 is 0 Å². The maximum atomic E-state index is 12.4. The Bertz CT molecular complexity index is 440. The van der Waals surface area contributed by atoms with Crippen molar-refractivity contribution < 1.29 is 4.79 Å². The number of carbonyl (C=O) groups excluding carboxylic acids is 1. The highest BCUT2D eigenvalue weighted by Gasteiger charge is 2.33. The van der Waals surface area contributed by atoms with E-state index in [-0.39, 0.29) is 22.8 Å². The Morgan fingerprint density at radius 3 is 1.90 bits per heavy atom. The molecule has 1 unspecified atom stereocenters. The van der Waals surface area contributed by atoms with Gasteiger partial charge in [0.25, 0.3) is 0 Å². The third kappa shape index (κ3) is 4.34. The van der Waals surface area contributed by atoms with Gasteiger partial charge in [0.05, 0.1) is 12.1 Å². The second-order valence-electron chi connectivity index (χ2n) is 7.56. The molecule has 0 aliphatic rings. The Morgan fingerprint density at radius 2 is 1.50 bits per heavy atom. The normalized spacial score (nSPS) is 15.6. The van der Waals surface area contributed by atoms with Crippen LogP contribution in [0.5, 0.6) is 0 Å². The summed E-state index contributed by atoms with van der Waals surface area (Å²) in [6.45, 7) is 12.3. The van der Waals surface area contributed by atoms with Crippen molar-refractivity contribution in [3.63, 3.8) is 0 Å². The Kier molecular flexibility index (Phi) is 4.98. The van der Waals surface area contributed by atoms with E-state index in [1.807, 2.05) is 51.1 Å². The van der Waals surface area contributed by atoms with E-state index in [0.29, 0.717) is 0 Å². The van der Waals surface area contributed by atoms with Crippen molar-refractivity contribution in [2.24, 2.45) is 16.6 Å². The van der Waals surface area contributed by atoms with Crippen LogP contribution in [0.15, 0.2) is 30.3 Å². The molecular formula is C17H28N2O. The zero-order valence-corrected chi connectivity index (χ0v) is 13.5. The average Bonchev–Trinajstić information content (AvgIpc) is 2.33. The molecule has 112 valence electrons. The Labute approximate surface area is 122 Å². The van der Waals surface area contributed by atoms with Crippen LogP contribution in [0.1, 0.15) is 53.1 Å². The van der Waals surface area contributed by atoms with Crippen LogP contribution in [0.4, 0.5) is 0 Å². The molecule has 2 atom stereocenters. The monoisotopic (exact) mass is 276 g/mol. The largest absolute Gasteiger partial charge is 0.347 e. The van der Waals surface area contributed by atoms with Gasteiger partial charge < -0.3 is 11.1 Å². The van der Waals surface area contributed by atoms with Crippen molar-refractivity contribution in [2.45, 2.75) is 53.6 Å². The third-order valence-electron chi connectivity index (χ3n) is 3.50. The summed E-state index contributed by atoms with van der Waals surface area (Å²) in [6, 6.07) is 9.47. The molecule has 3 N–H and O–H groups in total. The van der Waals surface area contributed by atoms with E-state index in [1.165, 1.54) is 0 Å². The maximum Gasteiger partial charge on any atom is 0.237 e. The van der Waals surface area contributed by atoms with Gasteiger partial charge >= 0.3 is 0 Å². The summed E-state index contributed by atoms with van der Waals surface area (Å²) in [7, 11) is 0. The molecular weight excluding hydrogens is 248 g/mol. The van der Waals surface area contributed by atoms with Crippen molar-refractivity contribution in [1.29, 1.82) is 0 Å². The number of rotatable bonds is 3. The summed E-state index contributed by atoms with van der Waals surface area (Å²) in [4.78, 5) is 12.4. The van der Waals surface area contributed by atoms with Crippen LogP contribution >= 0.6 is 0 Å². The highest BCUT2D eigenvalue weighted by atomic mass is 16.2. The molecule has 3 nitrogen and oxygen atoms in total. The molecule has 0 radical (unpaired) electrons. The minimum atomic E-state index is -0.518. The number of hydrogen-bond donors (Lipinski definition) is 2. The van der Waals surface area contributed by atoms with E-state index < -0.39 is 6.04 Å². The maximum absolute atomic E-state index is 12.4. The second-order valence-corrected chi connectivity index (χ2v) is 7.56. The third-order valence-corrected chi connectivity index (χ3v) is 3.50. The first-order chi connectivity index (χ1) is 9.03. The SMILES string of the molecule is CC(C)(C)C(NC(=O)[C@H](N)C(C)(C)C)c1ccccc1. The quantitative estimate of drug-likeness (QED) is 0.890. The molecule has 3 heteroatoms. The molecule has 0 spiro atoms. The van der Waals surface area contributed by atoms with Gasteiger partial charge in [-0.25, -0.2) is 0 Å². The van der Waals surface area contributed by atoms with Crippen LogP contribution in [0.2, 0.25) is 0 Å². The zero-order valence-electron chi connectivity index (χ0n) is 13.5. The summed E-state index contributed by atoms with van der Waals surface area (Å²) in [5, 5.41) is 3.12. The standard InChI is InChI=1S/C17H28N2O/c1-16(2,3)13(18)15(20)19-14(17(4,5)6)12-10-8-7-9-11-12/h7-11,13-14H,18H2,1-6H3,(H,19,20)/t13-,14?/m0/s1. The van der Waals surface area contributed by atoms with Gasteiger partial charge in [0.2, 0.25) is 5.91 Å². The molecule has 0 bridgehead atoms. The fraction of sp³-hybridized carbons (Fsp3) is 0.588. The van der Waals surface area contributed by atoms with Crippen LogP contribution in [-0.2, 0) is 4.79 Å². The molecule has 0 aliphatic heterocycles. The molecule has 0 saturated carbocycles. The minimum absolute atomic E-state index is 0.0513. The molecule has 20 heavy (non-hydrogen) atoms. The van der Waals surface area contributed by atoms with Crippen LogP contribution in [-0.4, -0.2) is 11.9 Å². The van der Waals surface area contributed by atoms with Gasteiger partial charge in [-0.2, -0.15) is 0 Å². The molecule has 0 aliphatic carbocycles. The van der Waals surface area contributed by atoms with Gasteiger partial charge in [0.15, 0.2) is 0 Å². The summed E-state index contributed by atoms with van der Waals surface area (Å²) in [6.07, 6.45) is 0. The van der Waals surface area contributed by atoms with Crippen LogP contribution in [0, 0.1) is 10.8 Å². The van der Waals surface area contributed by atoms with Gasteiger partial charge in [0, 0.05) is 0 Å². The van der Waals surface area contributed by atoms with Crippen LogP contribution in [0.25, 0.3) is 0 Å². The van der Waals surface area contributed by atoms with Gasteiger partial charge in [-0.15, -0.1) is 0 Å². The molecule has 0 aromatic heterocycles. The lowest BCUT2D eigenvalue weighted by Crippen LogP contribution is -2.51. The number of carbonyl (C=O) groups is 1. The summed E-state index contributed by atoms with van der Waals surface area (Å²) < 4.78 is 0. The second kappa shape index (κ2) is 5.96. The molecule has 0 fully saturated rings. The molecule has 0 heterocycles. The van der Waals surface area contributed by atoms with E-state index in [0.717, 1.165) is 5.56 Å². The first-order valence-corrected chi connectivity index (χ1v) is 7.14. The summed E-state index contributed by atoms with van der Waals surface area (Å²) in [5.74, 6) is -0.0960. The Morgan fingerprint density at radius 1 is 1.00 bits per heavy atom. The first kappa shape index (κ1) is 16.7. The lowest BCUT2D eigenvalue weighted by atomic mass is 9.81. The van der Waals surface area contributed by atoms with Crippen LogP contribution in [0.3, 0.4) is 0 Å². The Balaban J connectivity index is 2.96. The van der Waals surface area contributed by atoms with Crippen molar-refractivity contribution >= 4 is 5.91 Å². The van der Waals surface area contributed by atoms with Gasteiger partial charge in [-0.3, -0.25) is 4.79 Å². The number of nitrogens with one attached hydrogen (secondary N) is 1. The average molecular weight is 276 g/mol. The van der Waals surface area contributed by atoms with E-state index in [2.05, 4.69) is 26.1 Å². The highest BCUT2D eigenvalue weighted by Crippen LogP contribution is 2.33. The lowest BCUT2D eigenvalue weighted by molar-refractivity contribution is -0.126. The van der Waals surface area contributed by atoms with Crippen molar-refractivity contribution in [3.05, 3.63) is 35.9 Å². The molecule has 0 saturated heterocycles. The van der Waals surface area contributed by atoms with E-state index in [9.17, 15) is 4.79 Å². The summed E-state index contributed by atoms with van der Waals surface area (Å²) in [5.41, 5.74) is 6.84. The van der Waals surface area contributed by atoms with Crippen molar-refractivity contribution in [2.75, 3.05) is 0 Å². The lowest BCUT2D eigenvalue weighted by Gasteiger charge is -2.35. The molecule has 1 aromatic rings. The molecule has 1 aromatic carbocycles. The van der Waals surface area contributed by atoms with Gasteiger partial charge in [-0.05, 0) is 16.4 Å². The predicted molar refractivity (Wildman–Crippen MR) is 84.2 cm³/mol. The molecule has 1 amide bonds. The minimum Gasteiger partial charge on any atom is -0.347 e. The van der Waals surface area contributed by atoms with E-state index in [1.54, 1.807) is 0 Å². The number of hydrogen-bond acceptors (Lipinski definition) is 2. The van der Waals surface area contributed by atoms with Crippen molar-refractivity contribution in [3.8, 4) is 0 Å². The van der Waals surface area contributed by atoms with E-state index in [4.69, 9.17) is 5.73 Å². The molecule has 1 rings (SSSR count). The number of benzene rings is 1. The zero-order chi connectivity index (χ0) is 15.6. The summed E-state index contributed by atoms with van der Waals surface area (Å²) >= 11 is 0. The van der Waals surface area contributed by atoms with Gasteiger partial charge in [-0.1, -0.05) is 71.9 Å². The predicted octanol–water partition coefficient (Wildman–Crippen LogP) is 3.26. The number of nitrogens with two attached hydrogens (primary N) is 1.